The molecule has 0 radical (unpaired) electrons. The predicted octanol–water partition coefficient (Wildman–Crippen LogP) is 2.65. The van der Waals surface area contributed by atoms with E-state index in [1.165, 1.54) is 7.11 Å². The normalized spacial score (nSPS) is 10.8. The van der Waals surface area contributed by atoms with Crippen LogP contribution in [0.5, 0.6) is 5.75 Å². The van der Waals surface area contributed by atoms with Crippen LogP contribution >= 0.6 is 11.6 Å². The Morgan fingerprint density at radius 1 is 1.23 bits per heavy atom. The van der Waals surface area contributed by atoms with Crippen molar-refractivity contribution in [2.24, 2.45) is 0 Å². The molecule has 7 heteroatoms. The van der Waals surface area contributed by atoms with E-state index in [0.29, 0.717) is 16.5 Å². The van der Waals surface area contributed by atoms with Gasteiger partial charge in [0, 0.05) is 5.69 Å². The number of methoxy groups -OCH3 is 1. The van der Waals surface area contributed by atoms with Gasteiger partial charge in [-0.05, 0) is 39.0 Å². The summed E-state index contributed by atoms with van der Waals surface area (Å²) in [6, 6.07) is 4.88. The Bertz CT molecular complexity index is 539. The van der Waals surface area contributed by atoms with Crippen LogP contribution in [0.25, 0.3) is 0 Å². The number of rotatable bonds is 6. The summed E-state index contributed by atoms with van der Waals surface area (Å²) in [4.78, 5) is 22.6. The number of ether oxygens (including phenoxy) is 3. The van der Waals surface area contributed by atoms with Gasteiger partial charge in [-0.2, -0.15) is 0 Å². The van der Waals surface area contributed by atoms with Crippen molar-refractivity contribution >= 4 is 29.2 Å². The van der Waals surface area contributed by atoms with E-state index in [2.05, 4.69) is 10.1 Å². The van der Waals surface area contributed by atoms with E-state index in [4.69, 9.17) is 21.1 Å². The summed E-state index contributed by atoms with van der Waals surface area (Å²) in [5.41, 5.74) is 0.114. The molecule has 0 saturated heterocycles. The zero-order chi connectivity index (χ0) is 16.8. The number of esters is 2. The van der Waals surface area contributed by atoms with Crippen LogP contribution in [-0.2, 0) is 19.1 Å². The second-order valence-electron chi connectivity index (χ2n) is 5.45. The Kier molecular flexibility index (Phi) is 6.49. The van der Waals surface area contributed by atoms with Gasteiger partial charge < -0.3 is 19.5 Å². The summed E-state index contributed by atoms with van der Waals surface area (Å²) in [5, 5.41) is 3.22. The summed E-state index contributed by atoms with van der Waals surface area (Å²) in [6.45, 7) is 5.20. The standard InChI is InChI=1S/C15H20ClNO5/c1-15(2,3)22-13(18)8-17-10-5-6-12(11(16)7-10)21-9-14(19)20-4/h5-7,17H,8-9H2,1-4H3. The van der Waals surface area contributed by atoms with Gasteiger partial charge in [-0.25, -0.2) is 4.79 Å². The number of carbonyl (C=O) groups is 2. The average Bonchev–Trinajstić information content (AvgIpc) is 2.41. The summed E-state index contributed by atoms with van der Waals surface area (Å²) >= 11 is 6.04. The van der Waals surface area contributed by atoms with Gasteiger partial charge in [0.1, 0.15) is 17.9 Å². The fourth-order valence-electron chi connectivity index (χ4n) is 1.48. The molecule has 0 fully saturated rings. The van der Waals surface area contributed by atoms with Gasteiger partial charge in [0.2, 0.25) is 0 Å². The lowest BCUT2D eigenvalue weighted by molar-refractivity contribution is -0.152. The van der Waals surface area contributed by atoms with Gasteiger partial charge >= 0.3 is 11.9 Å². The molecule has 22 heavy (non-hydrogen) atoms. The third-order valence-corrected chi connectivity index (χ3v) is 2.66. The maximum absolute atomic E-state index is 11.6. The van der Waals surface area contributed by atoms with Crippen LogP contribution in [-0.4, -0.2) is 37.8 Å². The third-order valence-electron chi connectivity index (χ3n) is 2.36. The van der Waals surface area contributed by atoms with Crippen molar-refractivity contribution in [2.75, 3.05) is 25.6 Å². The highest BCUT2D eigenvalue weighted by Gasteiger charge is 2.16. The molecule has 0 unspecified atom stereocenters. The Morgan fingerprint density at radius 3 is 2.45 bits per heavy atom. The second kappa shape index (κ2) is 7.89. The largest absolute Gasteiger partial charge is 0.480 e. The number of benzene rings is 1. The van der Waals surface area contributed by atoms with Gasteiger partial charge in [0.05, 0.1) is 12.1 Å². The number of carbonyl (C=O) groups excluding carboxylic acids is 2. The monoisotopic (exact) mass is 329 g/mol. The Morgan fingerprint density at radius 2 is 1.91 bits per heavy atom. The lowest BCUT2D eigenvalue weighted by atomic mass is 10.2. The van der Waals surface area contributed by atoms with E-state index in [1.54, 1.807) is 39.0 Å². The molecule has 0 aromatic heterocycles. The minimum atomic E-state index is -0.526. The maximum atomic E-state index is 11.6. The van der Waals surface area contributed by atoms with Crippen molar-refractivity contribution in [2.45, 2.75) is 26.4 Å². The quantitative estimate of drug-likeness (QED) is 0.809. The van der Waals surface area contributed by atoms with Crippen LogP contribution in [0.4, 0.5) is 5.69 Å². The van der Waals surface area contributed by atoms with Crippen LogP contribution in [0.15, 0.2) is 18.2 Å². The Hall–Kier alpha value is -1.95. The van der Waals surface area contributed by atoms with E-state index in [0.717, 1.165) is 0 Å². The van der Waals surface area contributed by atoms with Gasteiger partial charge in [0.15, 0.2) is 6.61 Å². The first kappa shape index (κ1) is 18.1. The molecule has 1 aromatic carbocycles. The Labute approximate surface area is 134 Å². The molecule has 0 amide bonds. The number of anilines is 1. The number of halogens is 1. The van der Waals surface area contributed by atoms with Gasteiger partial charge in [-0.15, -0.1) is 0 Å². The molecule has 6 nitrogen and oxygen atoms in total. The summed E-state index contributed by atoms with van der Waals surface area (Å²) in [7, 11) is 1.27. The summed E-state index contributed by atoms with van der Waals surface area (Å²) < 4.78 is 14.9. The fraction of sp³-hybridized carbons (Fsp3) is 0.467. The summed E-state index contributed by atoms with van der Waals surface area (Å²) in [6.07, 6.45) is 0. The molecule has 0 spiro atoms. The van der Waals surface area contributed by atoms with Gasteiger partial charge in [-0.1, -0.05) is 11.6 Å². The van der Waals surface area contributed by atoms with Crippen molar-refractivity contribution in [3.8, 4) is 5.75 Å². The zero-order valence-electron chi connectivity index (χ0n) is 13.1. The molecule has 0 heterocycles. The highest BCUT2D eigenvalue weighted by Crippen LogP contribution is 2.27. The van der Waals surface area contributed by atoms with E-state index >= 15 is 0 Å². The first-order valence-corrected chi connectivity index (χ1v) is 7.04. The first-order valence-electron chi connectivity index (χ1n) is 6.66. The number of hydrogen-bond donors (Lipinski definition) is 1. The molecule has 122 valence electrons. The fourth-order valence-corrected chi connectivity index (χ4v) is 1.71. The highest BCUT2D eigenvalue weighted by atomic mass is 35.5. The maximum Gasteiger partial charge on any atom is 0.343 e. The van der Waals surface area contributed by atoms with Gasteiger partial charge in [-0.3, -0.25) is 4.79 Å². The zero-order valence-corrected chi connectivity index (χ0v) is 13.8. The molecule has 1 aromatic rings. The van der Waals surface area contributed by atoms with E-state index < -0.39 is 11.6 Å². The van der Waals surface area contributed by atoms with Crippen molar-refractivity contribution in [3.63, 3.8) is 0 Å². The molecule has 0 aliphatic rings. The molecule has 1 N–H and O–H groups in total. The first-order chi connectivity index (χ1) is 10.2. The highest BCUT2D eigenvalue weighted by molar-refractivity contribution is 6.32. The molecule has 0 atom stereocenters. The van der Waals surface area contributed by atoms with E-state index in [-0.39, 0.29) is 19.1 Å². The van der Waals surface area contributed by atoms with Crippen LogP contribution < -0.4 is 10.1 Å². The van der Waals surface area contributed by atoms with Crippen LogP contribution in [0, 0.1) is 0 Å². The molecule has 0 saturated carbocycles. The molecule has 1 rings (SSSR count). The van der Waals surface area contributed by atoms with Crippen LogP contribution in [0.3, 0.4) is 0 Å². The van der Waals surface area contributed by atoms with Crippen LogP contribution in [0.2, 0.25) is 5.02 Å². The lowest BCUT2D eigenvalue weighted by Gasteiger charge is -2.19. The average molecular weight is 330 g/mol. The molecule has 0 bridgehead atoms. The van der Waals surface area contributed by atoms with Gasteiger partial charge in [0.25, 0.3) is 0 Å². The van der Waals surface area contributed by atoms with Crippen molar-refractivity contribution in [1.29, 1.82) is 0 Å². The van der Waals surface area contributed by atoms with Crippen molar-refractivity contribution in [3.05, 3.63) is 23.2 Å². The second-order valence-corrected chi connectivity index (χ2v) is 5.86. The third kappa shape index (κ3) is 6.67. The van der Waals surface area contributed by atoms with E-state index in [1.807, 2.05) is 0 Å². The minimum absolute atomic E-state index is 0.0238. The van der Waals surface area contributed by atoms with E-state index in [9.17, 15) is 9.59 Å². The van der Waals surface area contributed by atoms with Crippen molar-refractivity contribution < 1.29 is 23.8 Å². The molecular weight excluding hydrogens is 310 g/mol. The van der Waals surface area contributed by atoms with Crippen molar-refractivity contribution in [1.82, 2.24) is 0 Å². The topological polar surface area (TPSA) is 73.9 Å². The lowest BCUT2D eigenvalue weighted by Crippen LogP contribution is -2.28. The van der Waals surface area contributed by atoms with Crippen LogP contribution in [0.1, 0.15) is 20.8 Å². The molecule has 0 aliphatic carbocycles. The molecular formula is C15H20ClNO5. The predicted molar refractivity (Wildman–Crippen MR) is 83.3 cm³/mol. The smallest absolute Gasteiger partial charge is 0.343 e. The number of nitrogens with one attached hydrogen (secondary N) is 1. The molecule has 0 aliphatic heterocycles. The minimum Gasteiger partial charge on any atom is -0.480 e. The summed E-state index contributed by atoms with van der Waals surface area (Å²) in [5.74, 6) is -0.507. The SMILES string of the molecule is COC(=O)COc1ccc(NCC(=O)OC(C)(C)C)cc1Cl. The Balaban J connectivity index is 2.55. The number of hydrogen-bond acceptors (Lipinski definition) is 6.